The highest BCUT2D eigenvalue weighted by atomic mass is 32.1. The number of hydrogen-bond acceptors (Lipinski definition) is 5. The molecule has 0 aliphatic heterocycles. The van der Waals surface area contributed by atoms with Crippen molar-refractivity contribution in [3.63, 3.8) is 0 Å². The van der Waals surface area contributed by atoms with Gasteiger partial charge in [0.15, 0.2) is 0 Å². The highest BCUT2D eigenvalue weighted by Crippen LogP contribution is 2.20. The summed E-state index contributed by atoms with van der Waals surface area (Å²) in [5.41, 5.74) is 1.07. The van der Waals surface area contributed by atoms with Crippen LogP contribution in [0.2, 0.25) is 0 Å². The first-order valence-corrected chi connectivity index (χ1v) is 8.99. The Bertz CT molecular complexity index is 800. The van der Waals surface area contributed by atoms with E-state index in [9.17, 15) is 4.79 Å². The van der Waals surface area contributed by atoms with Crippen LogP contribution in [0, 0.1) is 12.8 Å². The molecule has 130 valence electrons. The number of aromatic nitrogens is 4. The molecule has 0 saturated heterocycles. The molecule has 25 heavy (non-hydrogen) atoms. The molecule has 3 aromatic rings. The molecule has 1 unspecified atom stereocenters. The average molecular weight is 355 g/mol. The molecule has 0 fully saturated rings. The number of carbonyl (C=O) groups is 1. The molecule has 0 aliphatic rings. The fourth-order valence-corrected chi connectivity index (χ4v) is 3.58. The van der Waals surface area contributed by atoms with Crippen molar-refractivity contribution >= 4 is 17.2 Å². The van der Waals surface area contributed by atoms with Gasteiger partial charge in [0, 0.05) is 28.7 Å². The van der Waals surface area contributed by atoms with E-state index in [-0.39, 0.29) is 11.8 Å². The quantitative estimate of drug-likeness (QED) is 0.654. The molecule has 0 saturated carbocycles. The summed E-state index contributed by atoms with van der Waals surface area (Å²) >= 11 is 1.73. The van der Waals surface area contributed by atoms with Crippen molar-refractivity contribution in [2.24, 2.45) is 5.92 Å². The monoisotopic (exact) mass is 355 g/mol. The van der Waals surface area contributed by atoms with Crippen LogP contribution >= 0.6 is 11.3 Å². The highest BCUT2D eigenvalue weighted by Gasteiger charge is 2.22. The number of rotatable bonds is 7. The largest absolute Gasteiger partial charge is 0.333 e. The third kappa shape index (κ3) is 4.73. The molecule has 0 aromatic carbocycles. The summed E-state index contributed by atoms with van der Waals surface area (Å²) in [6.07, 6.45) is 6.64. The third-order valence-corrected chi connectivity index (χ3v) is 4.91. The van der Waals surface area contributed by atoms with Crippen LogP contribution < -0.4 is 0 Å². The molecule has 0 aliphatic carbocycles. The van der Waals surface area contributed by atoms with E-state index in [0.717, 1.165) is 5.56 Å². The number of amides is 1. The minimum absolute atomic E-state index is 0.110. The van der Waals surface area contributed by atoms with Crippen LogP contribution in [-0.4, -0.2) is 30.6 Å². The number of aryl methyl sites for hydroxylation is 1. The van der Waals surface area contributed by atoms with Crippen molar-refractivity contribution in [3.8, 4) is 0 Å². The Morgan fingerprint density at radius 1 is 1.20 bits per heavy atom. The number of carbonyl (C=O) groups excluding carboxylic acids is 1. The summed E-state index contributed by atoms with van der Waals surface area (Å²) in [6.45, 7) is 5.72. The molecular formula is C18H21N5OS. The Hall–Kier alpha value is -2.54. The van der Waals surface area contributed by atoms with Gasteiger partial charge in [-0.2, -0.15) is 5.10 Å². The lowest BCUT2D eigenvalue weighted by molar-refractivity contribution is -0.136. The zero-order chi connectivity index (χ0) is 17.6. The lowest BCUT2D eigenvalue weighted by atomic mass is 10.1. The van der Waals surface area contributed by atoms with Crippen molar-refractivity contribution < 1.29 is 4.79 Å². The van der Waals surface area contributed by atoms with Gasteiger partial charge >= 0.3 is 0 Å². The number of pyridine rings is 1. The lowest BCUT2D eigenvalue weighted by Gasteiger charge is -2.25. The van der Waals surface area contributed by atoms with Crippen LogP contribution in [0.15, 0.2) is 49.3 Å². The molecule has 0 radical (unpaired) electrons. The fraction of sp³-hybridized carbons (Fsp3) is 0.333. The van der Waals surface area contributed by atoms with Gasteiger partial charge in [-0.05, 0) is 36.8 Å². The number of hydrogen-bond donors (Lipinski definition) is 0. The summed E-state index contributed by atoms with van der Waals surface area (Å²) in [5, 5.41) is 4.10. The molecule has 1 amide bonds. The standard InChI is InChI=1S/C18H21N5OS/c1-14(9-23-13-20-12-21-23)18(24)22(10-16-5-7-19-8-6-16)11-17-4-3-15(2)25-17/h3-8,12-14H,9-11H2,1-2H3. The molecule has 6 nitrogen and oxygen atoms in total. The Labute approximate surface area is 151 Å². The first kappa shape index (κ1) is 17.3. The van der Waals surface area contributed by atoms with Crippen LogP contribution in [0.25, 0.3) is 0 Å². The van der Waals surface area contributed by atoms with E-state index in [1.165, 1.54) is 16.1 Å². The summed E-state index contributed by atoms with van der Waals surface area (Å²) in [4.78, 5) is 25.4. The van der Waals surface area contributed by atoms with Gasteiger partial charge in [-0.3, -0.25) is 14.5 Å². The third-order valence-electron chi connectivity index (χ3n) is 3.93. The second kappa shape index (κ2) is 8.02. The minimum Gasteiger partial charge on any atom is -0.333 e. The van der Waals surface area contributed by atoms with E-state index in [1.54, 1.807) is 34.7 Å². The predicted octanol–water partition coefficient (Wildman–Crippen LogP) is 2.91. The molecule has 3 rings (SSSR count). The van der Waals surface area contributed by atoms with Crippen molar-refractivity contribution in [1.29, 1.82) is 0 Å². The molecule has 3 aromatic heterocycles. The summed E-state index contributed by atoms with van der Waals surface area (Å²) < 4.78 is 1.70. The Morgan fingerprint density at radius 3 is 2.64 bits per heavy atom. The first-order valence-electron chi connectivity index (χ1n) is 8.17. The second-order valence-electron chi connectivity index (χ2n) is 6.08. The van der Waals surface area contributed by atoms with E-state index in [4.69, 9.17) is 0 Å². The number of nitrogens with zero attached hydrogens (tertiary/aromatic N) is 5. The summed E-state index contributed by atoms with van der Waals surface area (Å²) in [6, 6.07) is 8.08. The summed E-state index contributed by atoms with van der Waals surface area (Å²) in [7, 11) is 0. The van der Waals surface area contributed by atoms with Gasteiger partial charge in [0.1, 0.15) is 12.7 Å². The van der Waals surface area contributed by atoms with Gasteiger partial charge in [-0.15, -0.1) is 11.3 Å². The molecular weight excluding hydrogens is 334 g/mol. The van der Waals surface area contributed by atoms with Gasteiger partial charge in [0.05, 0.1) is 19.0 Å². The van der Waals surface area contributed by atoms with Gasteiger partial charge in [-0.1, -0.05) is 6.92 Å². The van der Waals surface area contributed by atoms with E-state index < -0.39 is 0 Å². The first-order chi connectivity index (χ1) is 12.1. The van der Waals surface area contributed by atoms with Gasteiger partial charge in [0.25, 0.3) is 0 Å². The lowest BCUT2D eigenvalue weighted by Crippen LogP contribution is -2.35. The Balaban J connectivity index is 1.75. The van der Waals surface area contributed by atoms with Gasteiger partial charge in [-0.25, -0.2) is 4.98 Å². The molecule has 0 bridgehead atoms. The van der Waals surface area contributed by atoms with E-state index in [0.29, 0.717) is 19.6 Å². The second-order valence-corrected chi connectivity index (χ2v) is 7.45. The highest BCUT2D eigenvalue weighted by molar-refractivity contribution is 7.11. The normalized spacial score (nSPS) is 12.1. The minimum atomic E-state index is -0.176. The van der Waals surface area contributed by atoms with Gasteiger partial charge in [0.2, 0.25) is 5.91 Å². The maximum absolute atomic E-state index is 13.0. The van der Waals surface area contributed by atoms with E-state index in [2.05, 4.69) is 34.1 Å². The maximum atomic E-state index is 13.0. The molecule has 0 N–H and O–H groups in total. The van der Waals surface area contributed by atoms with Crippen LogP contribution in [0.5, 0.6) is 0 Å². The number of thiophene rings is 1. The topological polar surface area (TPSA) is 63.9 Å². The van der Waals surface area contributed by atoms with Crippen molar-refractivity contribution in [2.45, 2.75) is 33.5 Å². The fourth-order valence-electron chi connectivity index (χ4n) is 2.68. The van der Waals surface area contributed by atoms with Crippen molar-refractivity contribution in [2.75, 3.05) is 0 Å². The van der Waals surface area contributed by atoms with E-state index in [1.807, 2.05) is 24.0 Å². The Morgan fingerprint density at radius 2 is 2.00 bits per heavy atom. The molecule has 0 spiro atoms. The molecule has 7 heteroatoms. The zero-order valence-corrected chi connectivity index (χ0v) is 15.2. The maximum Gasteiger partial charge on any atom is 0.227 e. The summed E-state index contributed by atoms with van der Waals surface area (Å²) in [5.74, 6) is -0.0667. The predicted molar refractivity (Wildman–Crippen MR) is 96.7 cm³/mol. The molecule has 3 heterocycles. The van der Waals surface area contributed by atoms with Crippen LogP contribution in [-0.2, 0) is 24.4 Å². The van der Waals surface area contributed by atoms with Crippen molar-refractivity contribution in [3.05, 3.63) is 64.6 Å². The average Bonchev–Trinajstić information content (AvgIpc) is 3.26. The SMILES string of the molecule is Cc1ccc(CN(Cc2ccncc2)C(=O)C(C)Cn2cncn2)s1. The van der Waals surface area contributed by atoms with Crippen LogP contribution in [0.1, 0.15) is 22.2 Å². The van der Waals surface area contributed by atoms with Crippen LogP contribution in [0.3, 0.4) is 0 Å². The zero-order valence-electron chi connectivity index (χ0n) is 14.4. The van der Waals surface area contributed by atoms with Crippen molar-refractivity contribution in [1.82, 2.24) is 24.6 Å². The smallest absolute Gasteiger partial charge is 0.227 e. The van der Waals surface area contributed by atoms with Gasteiger partial charge < -0.3 is 4.90 Å². The van der Waals surface area contributed by atoms with E-state index >= 15 is 0 Å². The van der Waals surface area contributed by atoms with Crippen LogP contribution in [0.4, 0.5) is 0 Å². The molecule has 1 atom stereocenters. The Kier molecular flexibility index (Phi) is 5.55.